The topological polar surface area (TPSA) is 74.2 Å². The summed E-state index contributed by atoms with van der Waals surface area (Å²) in [6, 6.07) is 7.97. The molecule has 0 fully saturated rings. The van der Waals surface area contributed by atoms with E-state index in [9.17, 15) is 9.59 Å². The zero-order chi connectivity index (χ0) is 20.0. The molecule has 1 aromatic heterocycles. The Hall–Kier alpha value is -2.48. The van der Waals surface area contributed by atoms with Crippen molar-refractivity contribution in [3.05, 3.63) is 34.6 Å². The first-order valence-electron chi connectivity index (χ1n) is 9.11. The summed E-state index contributed by atoms with van der Waals surface area (Å²) >= 11 is 5.32. The molecular weight excluding hydrogens is 362 g/mol. The van der Waals surface area contributed by atoms with Gasteiger partial charge in [0.25, 0.3) is 0 Å². The van der Waals surface area contributed by atoms with Gasteiger partial charge in [-0.15, -0.1) is 0 Å². The van der Waals surface area contributed by atoms with Crippen LogP contribution in [0.25, 0.3) is 11.4 Å². The average Bonchev–Trinajstić information content (AvgIpc) is 3.01. The Kier molecular flexibility index (Phi) is 7.29. The number of H-pyrrole nitrogens is 1. The van der Waals surface area contributed by atoms with Crippen molar-refractivity contribution in [2.45, 2.75) is 33.7 Å². The maximum atomic E-state index is 12.5. The molecule has 1 N–H and O–H groups in total. The summed E-state index contributed by atoms with van der Waals surface area (Å²) in [6.45, 7) is 7.64. The molecule has 2 aromatic rings. The van der Waals surface area contributed by atoms with E-state index in [0.29, 0.717) is 30.2 Å². The Morgan fingerprint density at radius 1 is 1.22 bits per heavy atom. The summed E-state index contributed by atoms with van der Waals surface area (Å²) in [4.78, 5) is 27.8. The van der Waals surface area contributed by atoms with Crippen LogP contribution in [-0.4, -0.2) is 63.1 Å². The summed E-state index contributed by atoms with van der Waals surface area (Å²) in [6.07, 6.45) is 0.245. The van der Waals surface area contributed by atoms with Gasteiger partial charge in [0.05, 0.1) is 6.54 Å². The lowest BCUT2D eigenvalue weighted by Gasteiger charge is -2.23. The number of carbonyl (C=O) groups excluding carboxylic acids is 2. The highest BCUT2D eigenvalue weighted by Crippen LogP contribution is 2.19. The highest BCUT2D eigenvalue weighted by molar-refractivity contribution is 7.71. The smallest absolute Gasteiger partial charge is 0.242 e. The van der Waals surface area contributed by atoms with Crippen LogP contribution in [0, 0.1) is 11.7 Å². The summed E-state index contributed by atoms with van der Waals surface area (Å²) in [5, 5.41) is 7.10. The van der Waals surface area contributed by atoms with Gasteiger partial charge in [-0.05, 0) is 39.1 Å². The van der Waals surface area contributed by atoms with Gasteiger partial charge >= 0.3 is 0 Å². The lowest BCUT2D eigenvalue weighted by atomic mass is 10.1. The number of nitrogens with zero attached hydrogens (tertiary/aromatic N) is 4. The Morgan fingerprint density at radius 3 is 2.56 bits per heavy atom. The molecule has 0 saturated heterocycles. The SMILES string of the molecule is CCN(CC)C(=O)CN(C)C(=O)CCn1c(-c2cccc(C)c2)n[nH]c1=S. The minimum atomic E-state index is -0.103. The van der Waals surface area contributed by atoms with Gasteiger partial charge in [-0.3, -0.25) is 19.3 Å². The molecule has 0 aliphatic heterocycles. The molecule has 0 saturated carbocycles. The Bertz CT molecular complexity index is 854. The minimum absolute atomic E-state index is 0.0452. The maximum absolute atomic E-state index is 12.5. The van der Waals surface area contributed by atoms with Crippen LogP contribution >= 0.6 is 12.2 Å². The first kappa shape index (κ1) is 20.8. The van der Waals surface area contributed by atoms with Crippen LogP contribution in [-0.2, 0) is 16.1 Å². The van der Waals surface area contributed by atoms with Gasteiger partial charge in [-0.25, -0.2) is 0 Å². The van der Waals surface area contributed by atoms with Gasteiger partial charge in [0, 0.05) is 38.7 Å². The van der Waals surface area contributed by atoms with Crippen molar-refractivity contribution < 1.29 is 9.59 Å². The van der Waals surface area contributed by atoms with Crippen LogP contribution in [0.1, 0.15) is 25.8 Å². The van der Waals surface area contributed by atoms with E-state index in [1.807, 2.05) is 49.6 Å². The number of aryl methyl sites for hydroxylation is 1. The van der Waals surface area contributed by atoms with Gasteiger partial charge in [-0.1, -0.05) is 23.8 Å². The van der Waals surface area contributed by atoms with Crippen LogP contribution in [0.5, 0.6) is 0 Å². The summed E-state index contributed by atoms with van der Waals surface area (Å²) in [5.41, 5.74) is 2.07. The molecule has 1 heterocycles. The largest absolute Gasteiger partial charge is 0.342 e. The monoisotopic (exact) mass is 389 g/mol. The highest BCUT2D eigenvalue weighted by atomic mass is 32.1. The normalized spacial score (nSPS) is 10.7. The minimum Gasteiger partial charge on any atom is -0.342 e. The molecule has 27 heavy (non-hydrogen) atoms. The first-order valence-corrected chi connectivity index (χ1v) is 9.52. The molecule has 0 spiro atoms. The molecule has 8 heteroatoms. The fourth-order valence-corrected chi connectivity index (χ4v) is 3.12. The zero-order valence-electron chi connectivity index (χ0n) is 16.4. The summed E-state index contributed by atoms with van der Waals surface area (Å²) in [7, 11) is 1.65. The van der Waals surface area contributed by atoms with Crippen molar-refractivity contribution in [2.24, 2.45) is 0 Å². The average molecular weight is 390 g/mol. The van der Waals surface area contributed by atoms with Crippen LogP contribution in [0.2, 0.25) is 0 Å². The van der Waals surface area contributed by atoms with Gasteiger partial charge < -0.3 is 9.80 Å². The molecule has 0 radical (unpaired) electrons. The summed E-state index contributed by atoms with van der Waals surface area (Å²) in [5.74, 6) is 0.559. The van der Waals surface area contributed by atoms with Crippen molar-refractivity contribution in [3.63, 3.8) is 0 Å². The number of benzene rings is 1. The third kappa shape index (κ3) is 5.26. The van der Waals surface area contributed by atoms with E-state index >= 15 is 0 Å². The lowest BCUT2D eigenvalue weighted by Crippen LogP contribution is -2.41. The number of hydrogen-bond donors (Lipinski definition) is 1. The molecule has 2 rings (SSSR count). The van der Waals surface area contributed by atoms with Gasteiger partial charge in [0.15, 0.2) is 10.6 Å². The fraction of sp³-hybridized carbons (Fsp3) is 0.474. The molecule has 0 unspecified atom stereocenters. The molecule has 7 nitrogen and oxygen atoms in total. The number of likely N-dealkylation sites (N-methyl/N-ethyl adjacent to an activating group) is 2. The zero-order valence-corrected chi connectivity index (χ0v) is 17.2. The molecule has 146 valence electrons. The van der Waals surface area contributed by atoms with E-state index in [-0.39, 0.29) is 24.8 Å². The molecule has 0 aliphatic rings. The summed E-state index contributed by atoms with van der Waals surface area (Å²) < 4.78 is 2.29. The Labute approximate surface area is 165 Å². The van der Waals surface area contributed by atoms with Crippen molar-refractivity contribution in [1.29, 1.82) is 0 Å². The molecule has 0 aliphatic carbocycles. The molecular formula is C19H27N5O2S. The van der Waals surface area contributed by atoms with Gasteiger partial charge in [0.1, 0.15) is 0 Å². The Balaban J connectivity index is 2.04. The second-order valence-electron chi connectivity index (χ2n) is 6.44. The van der Waals surface area contributed by atoms with Gasteiger partial charge in [0.2, 0.25) is 11.8 Å². The number of carbonyl (C=O) groups is 2. The van der Waals surface area contributed by atoms with Crippen LogP contribution in [0.3, 0.4) is 0 Å². The van der Waals surface area contributed by atoms with Crippen molar-refractivity contribution in [3.8, 4) is 11.4 Å². The van der Waals surface area contributed by atoms with E-state index in [4.69, 9.17) is 12.2 Å². The van der Waals surface area contributed by atoms with Crippen LogP contribution in [0.4, 0.5) is 0 Å². The number of hydrogen-bond acceptors (Lipinski definition) is 4. The predicted molar refractivity (Wildman–Crippen MR) is 108 cm³/mol. The van der Waals surface area contributed by atoms with Crippen molar-refractivity contribution in [1.82, 2.24) is 24.6 Å². The first-order chi connectivity index (χ1) is 12.9. The fourth-order valence-electron chi connectivity index (χ4n) is 2.90. The predicted octanol–water partition coefficient (Wildman–Crippen LogP) is 2.63. The van der Waals surface area contributed by atoms with E-state index in [1.54, 1.807) is 11.9 Å². The second-order valence-corrected chi connectivity index (χ2v) is 6.83. The maximum Gasteiger partial charge on any atom is 0.242 e. The molecule has 2 amide bonds. The van der Waals surface area contributed by atoms with E-state index in [0.717, 1.165) is 11.1 Å². The van der Waals surface area contributed by atoms with Crippen molar-refractivity contribution >= 4 is 24.0 Å². The van der Waals surface area contributed by atoms with E-state index in [2.05, 4.69) is 10.2 Å². The quantitative estimate of drug-likeness (QED) is 0.705. The number of rotatable bonds is 8. The van der Waals surface area contributed by atoms with E-state index in [1.165, 1.54) is 4.90 Å². The van der Waals surface area contributed by atoms with Gasteiger partial charge in [-0.2, -0.15) is 5.10 Å². The Morgan fingerprint density at radius 2 is 1.93 bits per heavy atom. The highest BCUT2D eigenvalue weighted by Gasteiger charge is 2.17. The lowest BCUT2D eigenvalue weighted by molar-refractivity contribution is -0.139. The van der Waals surface area contributed by atoms with Crippen LogP contribution in [0.15, 0.2) is 24.3 Å². The number of amides is 2. The standard InChI is InChI=1S/C19H27N5O2S/c1-5-23(6-2)17(26)13-22(4)16(25)10-11-24-18(20-21-19(24)27)15-9-7-8-14(3)12-15/h7-9,12H,5-6,10-11,13H2,1-4H3,(H,21,27). The third-order valence-corrected chi connectivity index (χ3v) is 4.81. The molecule has 0 atom stereocenters. The van der Waals surface area contributed by atoms with Crippen LogP contribution < -0.4 is 0 Å². The van der Waals surface area contributed by atoms with Crippen molar-refractivity contribution in [2.75, 3.05) is 26.7 Å². The van der Waals surface area contributed by atoms with E-state index < -0.39 is 0 Å². The third-order valence-electron chi connectivity index (χ3n) is 4.50. The molecule has 0 bridgehead atoms. The second kappa shape index (κ2) is 9.45. The molecule has 1 aromatic carbocycles. The number of aromatic nitrogens is 3. The number of nitrogens with one attached hydrogen (secondary N) is 1. The number of aromatic amines is 1.